The van der Waals surface area contributed by atoms with Crippen LogP contribution in [0.15, 0.2) is 42.7 Å². The molecule has 1 atom stereocenters. The first-order chi connectivity index (χ1) is 13.3. The van der Waals surface area contributed by atoms with Crippen LogP contribution in [0.3, 0.4) is 0 Å². The zero-order valence-electron chi connectivity index (χ0n) is 16.0. The van der Waals surface area contributed by atoms with Crippen molar-refractivity contribution in [3.8, 4) is 5.75 Å². The summed E-state index contributed by atoms with van der Waals surface area (Å²) < 4.78 is 13.0. The smallest absolute Gasteiger partial charge is 0.255 e. The summed E-state index contributed by atoms with van der Waals surface area (Å²) in [6.45, 7) is 2.08. The molecule has 6 nitrogen and oxygen atoms in total. The van der Waals surface area contributed by atoms with Gasteiger partial charge >= 0.3 is 0 Å². The van der Waals surface area contributed by atoms with E-state index in [4.69, 9.17) is 0 Å². The topological polar surface area (TPSA) is 76.9 Å². The number of carbonyl (C=O) groups is 1. The van der Waals surface area contributed by atoms with Crippen molar-refractivity contribution >= 4 is 5.91 Å². The molecule has 0 radical (unpaired) electrons. The maximum Gasteiger partial charge on any atom is 0.255 e. The Bertz CT molecular complexity index is 815. The molecule has 1 aliphatic heterocycles. The van der Waals surface area contributed by atoms with E-state index in [0.717, 1.165) is 5.56 Å². The lowest BCUT2D eigenvalue weighted by Gasteiger charge is -2.31. The number of aliphatic hydroxyl groups is 1. The average molecular weight is 387 g/mol. The number of halogens is 1. The van der Waals surface area contributed by atoms with E-state index >= 15 is 0 Å². The summed E-state index contributed by atoms with van der Waals surface area (Å²) in [5, 5.41) is 20.6. The lowest BCUT2D eigenvalue weighted by Crippen LogP contribution is -2.42. The molecule has 1 aromatic carbocycles. The maximum absolute atomic E-state index is 13.0. The Hall–Kier alpha value is -2.51. The molecule has 0 unspecified atom stereocenters. The van der Waals surface area contributed by atoms with Gasteiger partial charge < -0.3 is 15.1 Å². The van der Waals surface area contributed by atoms with Gasteiger partial charge in [0.15, 0.2) is 0 Å². The van der Waals surface area contributed by atoms with Crippen LogP contribution in [0.4, 0.5) is 4.39 Å². The second kappa shape index (κ2) is 8.67. The van der Waals surface area contributed by atoms with Crippen LogP contribution < -0.4 is 0 Å². The molecule has 0 aliphatic carbocycles. The number of hydrogen-bond acceptors (Lipinski definition) is 5. The fourth-order valence-corrected chi connectivity index (χ4v) is 3.73. The number of aromatic nitrogens is 1. The van der Waals surface area contributed by atoms with E-state index in [1.54, 1.807) is 17.0 Å². The van der Waals surface area contributed by atoms with E-state index in [0.29, 0.717) is 51.0 Å². The number of pyridine rings is 1. The average Bonchev–Trinajstić information content (AvgIpc) is 2.84. The van der Waals surface area contributed by atoms with Crippen LogP contribution in [0.2, 0.25) is 0 Å². The molecule has 1 saturated heterocycles. The molecule has 1 aliphatic rings. The second-order valence-corrected chi connectivity index (χ2v) is 7.60. The highest BCUT2D eigenvalue weighted by Crippen LogP contribution is 2.25. The highest BCUT2D eigenvalue weighted by molar-refractivity contribution is 5.94. The van der Waals surface area contributed by atoms with Crippen molar-refractivity contribution in [1.82, 2.24) is 14.8 Å². The third-order valence-electron chi connectivity index (χ3n) is 5.11. The number of aromatic hydroxyl groups is 1. The van der Waals surface area contributed by atoms with Crippen LogP contribution in [-0.4, -0.2) is 63.2 Å². The normalized spacial score (nSPS) is 20.2. The van der Waals surface area contributed by atoms with Crippen molar-refractivity contribution in [1.29, 1.82) is 0 Å². The number of hydrogen-bond donors (Lipinski definition) is 2. The molecule has 1 amide bonds. The summed E-state index contributed by atoms with van der Waals surface area (Å²) in [5.41, 5.74) is 0.439. The van der Waals surface area contributed by atoms with Crippen LogP contribution in [0.5, 0.6) is 5.75 Å². The molecule has 7 heteroatoms. The van der Waals surface area contributed by atoms with Crippen molar-refractivity contribution in [2.75, 3.05) is 26.7 Å². The first-order valence-corrected chi connectivity index (χ1v) is 9.43. The molecule has 2 heterocycles. The Labute approximate surface area is 164 Å². The van der Waals surface area contributed by atoms with E-state index in [9.17, 15) is 19.4 Å². The fraction of sp³-hybridized carbons (Fsp3) is 0.429. The van der Waals surface area contributed by atoms with Gasteiger partial charge in [-0.1, -0.05) is 12.1 Å². The largest absolute Gasteiger partial charge is 0.506 e. The summed E-state index contributed by atoms with van der Waals surface area (Å²) in [5.74, 6) is -0.493. The summed E-state index contributed by atoms with van der Waals surface area (Å²) >= 11 is 0. The zero-order chi connectivity index (χ0) is 20.1. The molecule has 1 aromatic heterocycles. The molecule has 2 N–H and O–H groups in total. The fourth-order valence-electron chi connectivity index (χ4n) is 3.73. The van der Waals surface area contributed by atoms with Gasteiger partial charge in [-0.2, -0.15) is 0 Å². The van der Waals surface area contributed by atoms with E-state index < -0.39 is 5.60 Å². The third-order valence-corrected chi connectivity index (χ3v) is 5.11. The van der Waals surface area contributed by atoms with Gasteiger partial charge in [0.2, 0.25) is 0 Å². The minimum Gasteiger partial charge on any atom is -0.506 e. The minimum absolute atomic E-state index is 0.0420. The number of nitrogens with zero attached hydrogens (tertiary/aromatic N) is 3. The van der Waals surface area contributed by atoms with Gasteiger partial charge in [0.05, 0.1) is 17.4 Å². The van der Waals surface area contributed by atoms with Gasteiger partial charge in [-0.25, -0.2) is 4.39 Å². The first kappa shape index (κ1) is 20.2. The van der Waals surface area contributed by atoms with Crippen LogP contribution >= 0.6 is 0 Å². The van der Waals surface area contributed by atoms with E-state index in [1.807, 2.05) is 11.9 Å². The Balaban J connectivity index is 1.58. The second-order valence-electron chi connectivity index (χ2n) is 7.60. The Kier molecular flexibility index (Phi) is 6.26. The monoisotopic (exact) mass is 387 g/mol. The Morgan fingerprint density at radius 1 is 1.25 bits per heavy atom. The SMILES string of the molecule is CN(Cc1ccc(F)cc1)C[C@]1(O)CCCN(C(=O)c2cncc(O)c2)CC1. The third kappa shape index (κ3) is 5.27. The van der Waals surface area contributed by atoms with Gasteiger partial charge in [-0.3, -0.25) is 14.7 Å². The first-order valence-electron chi connectivity index (χ1n) is 9.43. The van der Waals surface area contributed by atoms with Crippen molar-refractivity contribution in [3.05, 3.63) is 59.7 Å². The van der Waals surface area contributed by atoms with Crippen molar-refractivity contribution in [3.63, 3.8) is 0 Å². The highest BCUT2D eigenvalue weighted by Gasteiger charge is 2.33. The predicted molar refractivity (Wildman–Crippen MR) is 103 cm³/mol. The molecule has 28 heavy (non-hydrogen) atoms. The van der Waals surface area contributed by atoms with Gasteiger partial charge in [-0.15, -0.1) is 0 Å². The van der Waals surface area contributed by atoms with Crippen molar-refractivity contribution in [2.45, 2.75) is 31.4 Å². The van der Waals surface area contributed by atoms with Crippen molar-refractivity contribution in [2.24, 2.45) is 0 Å². The number of likely N-dealkylation sites (tertiary alicyclic amines) is 1. The summed E-state index contributed by atoms with van der Waals surface area (Å²) in [7, 11) is 1.92. The predicted octanol–water partition coefficient (Wildman–Crippen LogP) is 2.42. The molecule has 2 aromatic rings. The number of likely N-dealkylation sites (N-methyl/N-ethyl adjacent to an activating group) is 1. The molecular formula is C21H26FN3O3. The van der Waals surface area contributed by atoms with Crippen LogP contribution in [-0.2, 0) is 6.54 Å². The van der Waals surface area contributed by atoms with Crippen LogP contribution in [0.1, 0.15) is 35.2 Å². The molecule has 0 saturated carbocycles. The van der Waals surface area contributed by atoms with Crippen molar-refractivity contribution < 1.29 is 19.4 Å². The number of carbonyl (C=O) groups excluding carboxylic acids is 1. The lowest BCUT2D eigenvalue weighted by molar-refractivity contribution is -0.00401. The highest BCUT2D eigenvalue weighted by atomic mass is 19.1. The number of amides is 1. The van der Waals surface area contributed by atoms with E-state index in [2.05, 4.69) is 4.98 Å². The quantitative estimate of drug-likeness (QED) is 0.824. The standard InChI is InChI=1S/C21H26FN3O3/c1-24(14-16-3-5-18(22)6-4-16)15-21(28)7-2-9-25(10-8-21)20(27)17-11-19(26)13-23-12-17/h3-6,11-13,26,28H,2,7-10,14-15H2,1H3/t21-/m0/s1. The number of rotatable bonds is 5. The molecular weight excluding hydrogens is 361 g/mol. The Morgan fingerprint density at radius 3 is 2.71 bits per heavy atom. The van der Waals surface area contributed by atoms with Crippen LogP contribution in [0.25, 0.3) is 0 Å². The Morgan fingerprint density at radius 2 is 2.00 bits per heavy atom. The summed E-state index contributed by atoms with van der Waals surface area (Å²) in [6.07, 6.45) is 4.49. The van der Waals surface area contributed by atoms with Gasteiger partial charge in [0.25, 0.3) is 5.91 Å². The lowest BCUT2D eigenvalue weighted by atomic mass is 9.94. The van der Waals surface area contributed by atoms with Crippen LogP contribution in [0, 0.1) is 5.82 Å². The zero-order valence-corrected chi connectivity index (χ0v) is 16.0. The van der Waals surface area contributed by atoms with Gasteiger partial charge in [-0.05, 0) is 50.1 Å². The summed E-state index contributed by atoms with van der Waals surface area (Å²) in [4.78, 5) is 20.2. The van der Waals surface area contributed by atoms with Gasteiger partial charge in [0, 0.05) is 32.4 Å². The molecule has 0 spiro atoms. The molecule has 1 fully saturated rings. The summed E-state index contributed by atoms with van der Waals surface area (Å²) in [6, 6.07) is 7.76. The van der Waals surface area contributed by atoms with Gasteiger partial charge in [0.1, 0.15) is 11.6 Å². The molecule has 3 rings (SSSR count). The molecule has 150 valence electrons. The maximum atomic E-state index is 13.0. The minimum atomic E-state index is -0.888. The molecule has 0 bridgehead atoms. The van der Waals surface area contributed by atoms with E-state index in [-0.39, 0.29) is 17.5 Å². The number of benzene rings is 1. The van der Waals surface area contributed by atoms with E-state index in [1.165, 1.54) is 30.6 Å².